The normalized spacial score (nSPS) is 12.6. The molecule has 0 fully saturated rings. The van der Waals surface area contributed by atoms with Crippen molar-refractivity contribution < 1.29 is 33.7 Å². The quantitative estimate of drug-likeness (QED) is 0.540. The average molecular weight is 360 g/mol. The number of aliphatic carboxylic acids is 1. The van der Waals surface area contributed by atoms with Crippen LogP contribution in [0.3, 0.4) is 0 Å². The third-order valence-electron chi connectivity index (χ3n) is 2.67. The Kier molecular flexibility index (Phi) is 7.84. The highest BCUT2D eigenvalue weighted by Gasteiger charge is 2.22. The molecule has 2 atom stereocenters. The summed E-state index contributed by atoms with van der Waals surface area (Å²) in [5, 5.41) is 11.6. The van der Waals surface area contributed by atoms with Crippen molar-refractivity contribution in [3.05, 3.63) is 29.3 Å². The minimum absolute atomic E-state index is 0.141. The van der Waals surface area contributed by atoms with Crippen LogP contribution in [-0.2, 0) is 19.1 Å². The van der Waals surface area contributed by atoms with Gasteiger partial charge in [0.15, 0.2) is 0 Å². The first kappa shape index (κ1) is 19.6. The van der Waals surface area contributed by atoms with Crippen LogP contribution in [-0.4, -0.2) is 42.1 Å². The smallest absolute Gasteiger partial charge is 0.410 e. The molecule has 0 saturated heterocycles. The van der Waals surface area contributed by atoms with Crippen LogP contribution in [0.2, 0.25) is 5.02 Å². The number of amides is 1. The van der Waals surface area contributed by atoms with Gasteiger partial charge in [0.05, 0.1) is 11.6 Å². The zero-order valence-corrected chi connectivity index (χ0v) is 13.9. The minimum Gasteiger partial charge on any atom is -0.478 e. The summed E-state index contributed by atoms with van der Waals surface area (Å²) in [6.45, 7) is 2.59. The Morgan fingerprint density at radius 3 is 2.50 bits per heavy atom. The molecule has 0 heterocycles. The van der Waals surface area contributed by atoms with Crippen molar-refractivity contribution in [1.82, 2.24) is 5.32 Å². The van der Waals surface area contributed by atoms with E-state index >= 15 is 0 Å². The Labute approximate surface area is 143 Å². The maximum atomic E-state index is 11.6. The van der Waals surface area contributed by atoms with E-state index in [2.05, 4.69) is 5.32 Å². The van der Waals surface area contributed by atoms with E-state index in [0.29, 0.717) is 0 Å². The molecular formula is C15H18ClNO7. The van der Waals surface area contributed by atoms with Gasteiger partial charge in [-0.15, -0.1) is 0 Å². The number of carboxylic acids is 1. The number of halogens is 1. The van der Waals surface area contributed by atoms with Crippen molar-refractivity contribution in [3.8, 4) is 5.75 Å². The molecule has 1 rings (SSSR count). The van der Waals surface area contributed by atoms with Gasteiger partial charge >= 0.3 is 18.0 Å². The highest BCUT2D eigenvalue weighted by atomic mass is 35.5. The van der Waals surface area contributed by atoms with E-state index in [1.807, 2.05) is 0 Å². The van der Waals surface area contributed by atoms with Crippen molar-refractivity contribution in [1.29, 1.82) is 0 Å². The molecule has 24 heavy (non-hydrogen) atoms. The van der Waals surface area contributed by atoms with Gasteiger partial charge in [-0.25, -0.2) is 9.59 Å². The lowest BCUT2D eigenvalue weighted by atomic mass is 10.3. The lowest BCUT2D eigenvalue weighted by Gasteiger charge is -2.18. The van der Waals surface area contributed by atoms with E-state index in [9.17, 15) is 14.4 Å². The summed E-state index contributed by atoms with van der Waals surface area (Å²) in [5.41, 5.74) is 0. The predicted octanol–water partition coefficient (Wildman–Crippen LogP) is 2.20. The third-order valence-corrected chi connectivity index (χ3v) is 2.98. The van der Waals surface area contributed by atoms with Gasteiger partial charge in [0.25, 0.3) is 0 Å². The fourth-order valence-corrected chi connectivity index (χ4v) is 1.71. The molecule has 1 amide bonds. The van der Waals surface area contributed by atoms with E-state index in [1.54, 1.807) is 25.1 Å². The zero-order valence-electron chi connectivity index (χ0n) is 13.2. The van der Waals surface area contributed by atoms with Crippen molar-refractivity contribution in [3.63, 3.8) is 0 Å². The van der Waals surface area contributed by atoms with Crippen molar-refractivity contribution in [2.75, 3.05) is 6.54 Å². The van der Waals surface area contributed by atoms with Crippen LogP contribution in [0.1, 0.15) is 20.3 Å². The first-order chi connectivity index (χ1) is 11.3. The van der Waals surface area contributed by atoms with E-state index in [-0.39, 0.29) is 23.7 Å². The Hall–Kier alpha value is -2.48. The van der Waals surface area contributed by atoms with Gasteiger partial charge in [-0.3, -0.25) is 4.79 Å². The van der Waals surface area contributed by atoms with Gasteiger partial charge in [-0.05, 0) is 12.1 Å². The molecule has 0 spiro atoms. The van der Waals surface area contributed by atoms with E-state index < -0.39 is 30.4 Å². The van der Waals surface area contributed by atoms with Crippen molar-refractivity contribution in [2.24, 2.45) is 0 Å². The van der Waals surface area contributed by atoms with Gasteiger partial charge in [0, 0.05) is 13.3 Å². The third kappa shape index (κ3) is 6.74. The summed E-state index contributed by atoms with van der Waals surface area (Å²) in [6, 6.07) is 6.34. The number of benzene rings is 1. The molecule has 1 aromatic rings. The standard InChI is InChI=1S/C15H18ClNO7/c1-3-13(18)22-9(2)23-15(21)17-8-12(14(19)20)24-11-7-5-4-6-10(11)16/h4-7,9,12H,3,8H2,1-2H3,(H,17,21)(H,19,20)/t9-,12+/m1/s1. The Bertz CT molecular complexity index is 593. The molecule has 1 aromatic carbocycles. The number of esters is 1. The first-order valence-electron chi connectivity index (χ1n) is 7.11. The molecular weight excluding hydrogens is 342 g/mol. The largest absolute Gasteiger partial charge is 0.478 e. The summed E-state index contributed by atoms with van der Waals surface area (Å²) in [7, 11) is 0. The van der Waals surface area contributed by atoms with Crippen LogP contribution in [0, 0.1) is 0 Å². The fourth-order valence-electron chi connectivity index (χ4n) is 1.53. The van der Waals surface area contributed by atoms with Crippen LogP contribution in [0.4, 0.5) is 4.79 Å². The maximum absolute atomic E-state index is 11.6. The van der Waals surface area contributed by atoms with Crippen LogP contribution in [0.5, 0.6) is 5.75 Å². The van der Waals surface area contributed by atoms with E-state index in [4.69, 9.17) is 30.9 Å². The number of carbonyl (C=O) groups is 3. The Morgan fingerprint density at radius 2 is 1.92 bits per heavy atom. The monoisotopic (exact) mass is 359 g/mol. The SMILES string of the molecule is CCC(=O)O[C@@H](C)OC(=O)NC[C@H](Oc1ccccc1Cl)C(=O)O. The fraction of sp³-hybridized carbons (Fsp3) is 0.400. The molecule has 0 aliphatic rings. The second-order valence-corrected chi connectivity index (χ2v) is 4.98. The van der Waals surface area contributed by atoms with Gasteiger partial charge in [0.2, 0.25) is 12.4 Å². The van der Waals surface area contributed by atoms with Gasteiger partial charge in [-0.2, -0.15) is 0 Å². The summed E-state index contributed by atoms with van der Waals surface area (Å²) in [6.07, 6.45) is -3.26. The second-order valence-electron chi connectivity index (χ2n) is 4.57. The van der Waals surface area contributed by atoms with Crippen LogP contribution < -0.4 is 10.1 Å². The zero-order chi connectivity index (χ0) is 18.1. The van der Waals surface area contributed by atoms with E-state index in [1.165, 1.54) is 13.0 Å². The van der Waals surface area contributed by atoms with E-state index in [0.717, 1.165) is 0 Å². The van der Waals surface area contributed by atoms with Crippen LogP contribution in [0.15, 0.2) is 24.3 Å². The molecule has 2 N–H and O–H groups in total. The minimum atomic E-state index is -1.37. The molecule has 0 unspecified atom stereocenters. The second kappa shape index (κ2) is 9.61. The number of rotatable bonds is 8. The Morgan fingerprint density at radius 1 is 1.25 bits per heavy atom. The predicted molar refractivity (Wildman–Crippen MR) is 83.8 cm³/mol. The number of ether oxygens (including phenoxy) is 3. The summed E-state index contributed by atoms with van der Waals surface area (Å²) in [5.74, 6) is -1.64. The highest BCUT2D eigenvalue weighted by molar-refractivity contribution is 6.32. The van der Waals surface area contributed by atoms with Crippen LogP contribution in [0.25, 0.3) is 0 Å². The lowest BCUT2D eigenvalue weighted by molar-refractivity contribution is -0.164. The summed E-state index contributed by atoms with van der Waals surface area (Å²) >= 11 is 5.89. The number of hydrogen-bond acceptors (Lipinski definition) is 6. The topological polar surface area (TPSA) is 111 Å². The average Bonchev–Trinajstić information content (AvgIpc) is 2.52. The highest BCUT2D eigenvalue weighted by Crippen LogP contribution is 2.24. The molecule has 8 nitrogen and oxygen atoms in total. The lowest BCUT2D eigenvalue weighted by Crippen LogP contribution is -2.41. The van der Waals surface area contributed by atoms with Gasteiger partial charge in [0.1, 0.15) is 5.75 Å². The molecule has 0 aliphatic heterocycles. The number of nitrogens with one attached hydrogen (secondary N) is 1. The molecule has 0 saturated carbocycles. The summed E-state index contributed by atoms with van der Waals surface area (Å²) in [4.78, 5) is 33.8. The number of hydrogen-bond donors (Lipinski definition) is 2. The molecule has 0 radical (unpaired) electrons. The number of para-hydroxylation sites is 1. The number of carboxylic acid groups (broad SMARTS) is 1. The molecule has 9 heteroatoms. The maximum Gasteiger partial charge on any atom is 0.410 e. The Balaban J connectivity index is 2.52. The molecule has 0 aliphatic carbocycles. The summed E-state index contributed by atoms with van der Waals surface area (Å²) < 4.78 is 14.8. The van der Waals surface area contributed by atoms with Gasteiger partial charge < -0.3 is 24.6 Å². The first-order valence-corrected chi connectivity index (χ1v) is 7.49. The van der Waals surface area contributed by atoms with Crippen molar-refractivity contribution >= 4 is 29.6 Å². The van der Waals surface area contributed by atoms with Gasteiger partial charge in [-0.1, -0.05) is 30.7 Å². The van der Waals surface area contributed by atoms with Crippen LogP contribution >= 0.6 is 11.6 Å². The number of carbonyl (C=O) groups excluding carboxylic acids is 2. The number of alkyl carbamates (subject to hydrolysis) is 1. The molecule has 0 bridgehead atoms. The molecule has 132 valence electrons. The molecule has 0 aromatic heterocycles. The van der Waals surface area contributed by atoms with Crippen molar-refractivity contribution in [2.45, 2.75) is 32.7 Å².